The van der Waals surface area contributed by atoms with E-state index in [0.717, 1.165) is 16.0 Å². The van der Waals surface area contributed by atoms with Gasteiger partial charge in [0.15, 0.2) is 0 Å². The van der Waals surface area contributed by atoms with Gasteiger partial charge in [-0.25, -0.2) is 0 Å². The summed E-state index contributed by atoms with van der Waals surface area (Å²) in [6, 6.07) is 22.0. The van der Waals surface area contributed by atoms with Gasteiger partial charge in [-0.15, -0.1) is 11.3 Å². The van der Waals surface area contributed by atoms with Gasteiger partial charge in [0.05, 0.1) is 17.5 Å². The highest BCUT2D eigenvalue weighted by atomic mass is 35.5. The van der Waals surface area contributed by atoms with Gasteiger partial charge in [0.1, 0.15) is 0 Å². The molecular formula is C20H16ClN3OS. The third kappa shape index (κ3) is 3.85. The van der Waals surface area contributed by atoms with Crippen LogP contribution >= 0.6 is 22.9 Å². The Balaban J connectivity index is 1.56. The SMILES string of the molecule is Clc1cccc(C(NCc2nc(-c3cccs3)no2)c2ccccc2)c1. The summed E-state index contributed by atoms with van der Waals surface area (Å²) in [6.45, 7) is 0.463. The fourth-order valence-electron chi connectivity index (χ4n) is 2.78. The average Bonchev–Trinajstić information content (AvgIpc) is 3.35. The number of benzene rings is 2. The molecule has 0 saturated carbocycles. The van der Waals surface area contributed by atoms with Gasteiger partial charge in [0.25, 0.3) is 0 Å². The predicted octanol–water partition coefficient (Wildman–Crippen LogP) is 5.33. The minimum atomic E-state index is -0.0213. The van der Waals surface area contributed by atoms with E-state index in [4.69, 9.17) is 16.1 Å². The fourth-order valence-corrected chi connectivity index (χ4v) is 3.63. The quantitative estimate of drug-likeness (QED) is 0.490. The molecule has 1 N–H and O–H groups in total. The van der Waals surface area contributed by atoms with E-state index in [1.54, 1.807) is 11.3 Å². The maximum absolute atomic E-state index is 6.19. The largest absolute Gasteiger partial charge is 0.338 e. The molecular weight excluding hydrogens is 366 g/mol. The Labute approximate surface area is 160 Å². The van der Waals surface area contributed by atoms with Crippen molar-refractivity contribution >= 4 is 22.9 Å². The monoisotopic (exact) mass is 381 g/mol. The molecule has 4 aromatic rings. The average molecular weight is 382 g/mol. The number of thiophene rings is 1. The molecule has 0 spiro atoms. The maximum Gasteiger partial charge on any atom is 0.240 e. The summed E-state index contributed by atoms with van der Waals surface area (Å²) < 4.78 is 5.39. The van der Waals surface area contributed by atoms with Crippen LogP contribution in [0.1, 0.15) is 23.1 Å². The van der Waals surface area contributed by atoms with Crippen molar-refractivity contribution in [3.8, 4) is 10.7 Å². The molecule has 0 radical (unpaired) electrons. The van der Waals surface area contributed by atoms with Gasteiger partial charge in [-0.2, -0.15) is 4.98 Å². The van der Waals surface area contributed by atoms with E-state index in [1.807, 2.05) is 53.9 Å². The Kier molecular flexibility index (Phi) is 5.11. The Morgan fingerprint density at radius 3 is 2.62 bits per heavy atom. The molecule has 130 valence electrons. The molecule has 4 nitrogen and oxygen atoms in total. The van der Waals surface area contributed by atoms with Gasteiger partial charge in [0.2, 0.25) is 11.7 Å². The molecule has 0 bridgehead atoms. The van der Waals surface area contributed by atoms with E-state index >= 15 is 0 Å². The normalized spacial score (nSPS) is 12.2. The van der Waals surface area contributed by atoms with E-state index in [0.29, 0.717) is 23.3 Å². The smallest absolute Gasteiger partial charge is 0.240 e. The van der Waals surface area contributed by atoms with E-state index in [-0.39, 0.29) is 6.04 Å². The minimum absolute atomic E-state index is 0.0213. The van der Waals surface area contributed by atoms with Crippen LogP contribution < -0.4 is 5.32 Å². The third-order valence-corrected chi connectivity index (χ3v) is 5.08. The van der Waals surface area contributed by atoms with Crippen LogP contribution in [0.5, 0.6) is 0 Å². The summed E-state index contributed by atoms with van der Waals surface area (Å²) in [5.74, 6) is 1.17. The van der Waals surface area contributed by atoms with Crippen LogP contribution in [0.3, 0.4) is 0 Å². The fraction of sp³-hybridized carbons (Fsp3) is 0.100. The highest BCUT2D eigenvalue weighted by Crippen LogP contribution is 2.25. The second-order valence-corrected chi connectivity index (χ2v) is 7.15. The van der Waals surface area contributed by atoms with Crippen molar-refractivity contribution < 1.29 is 4.52 Å². The first kappa shape index (κ1) is 17.0. The summed E-state index contributed by atoms with van der Waals surface area (Å²) in [5.41, 5.74) is 2.23. The van der Waals surface area contributed by atoms with Crippen molar-refractivity contribution in [2.45, 2.75) is 12.6 Å². The number of halogens is 1. The highest BCUT2D eigenvalue weighted by Gasteiger charge is 2.16. The molecule has 0 aliphatic rings. The van der Waals surface area contributed by atoms with Gasteiger partial charge in [-0.05, 0) is 34.7 Å². The summed E-state index contributed by atoms with van der Waals surface area (Å²) >= 11 is 7.78. The predicted molar refractivity (Wildman–Crippen MR) is 104 cm³/mol. The first-order valence-electron chi connectivity index (χ1n) is 8.20. The molecule has 2 heterocycles. The lowest BCUT2D eigenvalue weighted by atomic mass is 9.99. The molecule has 0 aliphatic carbocycles. The molecule has 4 rings (SSSR count). The second kappa shape index (κ2) is 7.83. The Bertz CT molecular complexity index is 970. The standard InChI is InChI=1S/C20H16ClN3OS/c21-16-9-4-8-15(12-16)19(14-6-2-1-3-7-14)22-13-18-23-20(24-25-18)17-10-5-11-26-17/h1-12,19,22H,13H2. The van der Waals surface area contributed by atoms with Crippen LogP contribution in [0.15, 0.2) is 76.6 Å². The number of hydrogen-bond acceptors (Lipinski definition) is 5. The van der Waals surface area contributed by atoms with E-state index in [1.165, 1.54) is 0 Å². The molecule has 2 aromatic carbocycles. The first-order chi connectivity index (χ1) is 12.8. The zero-order valence-electron chi connectivity index (χ0n) is 13.8. The molecule has 2 aromatic heterocycles. The summed E-state index contributed by atoms with van der Waals surface area (Å²) in [5, 5.41) is 10.3. The topological polar surface area (TPSA) is 51.0 Å². The molecule has 6 heteroatoms. The van der Waals surface area contributed by atoms with E-state index < -0.39 is 0 Å². The van der Waals surface area contributed by atoms with Gasteiger partial charge in [0, 0.05) is 5.02 Å². The van der Waals surface area contributed by atoms with Crippen molar-refractivity contribution in [2.75, 3.05) is 0 Å². The van der Waals surface area contributed by atoms with E-state index in [9.17, 15) is 0 Å². The Morgan fingerprint density at radius 1 is 1.00 bits per heavy atom. The van der Waals surface area contributed by atoms with Crippen LogP contribution in [0.4, 0.5) is 0 Å². The lowest BCUT2D eigenvalue weighted by Crippen LogP contribution is -2.22. The molecule has 1 unspecified atom stereocenters. The highest BCUT2D eigenvalue weighted by molar-refractivity contribution is 7.13. The lowest BCUT2D eigenvalue weighted by Gasteiger charge is -2.19. The number of rotatable bonds is 6. The first-order valence-corrected chi connectivity index (χ1v) is 9.45. The van der Waals surface area contributed by atoms with Crippen molar-refractivity contribution in [2.24, 2.45) is 0 Å². The van der Waals surface area contributed by atoms with E-state index in [2.05, 4.69) is 33.7 Å². The van der Waals surface area contributed by atoms with Crippen molar-refractivity contribution in [3.63, 3.8) is 0 Å². The van der Waals surface area contributed by atoms with Crippen LogP contribution in [0.2, 0.25) is 5.02 Å². The van der Waals surface area contributed by atoms with Crippen LogP contribution in [-0.2, 0) is 6.54 Å². The Hall–Kier alpha value is -2.47. The number of nitrogens with zero attached hydrogens (tertiary/aromatic N) is 2. The third-order valence-electron chi connectivity index (χ3n) is 3.98. The molecule has 1 atom stereocenters. The molecule has 0 aliphatic heterocycles. The van der Waals surface area contributed by atoms with Crippen molar-refractivity contribution in [1.29, 1.82) is 0 Å². The minimum Gasteiger partial charge on any atom is -0.338 e. The Morgan fingerprint density at radius 2 is 1.85 bits per heavy atom. The van der Waals surface area contributed by atoms with Crippen LogP contribution in [0.25, 0.3) is 10.7 Å². The zero-order valence-corrected chi connectivity index (χ0v) is 15.4. The summed E-state index contributed by atoms with van der Waals surface area (Å²) in [6.07, 6.45) is 0. The van der Waals surface area contributed by atoms with Crippen molar-refractivity contribution in [1.82, 2.24) is 15.5 Å². The van der Waals surface area contributed by atoms with Gasteiger partial charge in [-0.3, -0.25) is 5.32 Å². The van der Waals surface area contributed by atoms with Crippen LogP contribution in [-0.4, -0.2) is 10.1 Å². The molecule has 0 fully saturated rings. The van der Waals surface area contributed by atoms with Crippen LogP contribution in [0, 0.1) is 0 Å². The number of aromatic nitrogens is 2. The number of nitrogens with one attached hydrogen (secondary N) is 1. The summed E-state index contributed by atoms with van der Waals surface area (Å²) in [7, 11) is 0. The molecule has 0 amide bonds. The van der Waals surface area contributed by atoms with Gasteiger partial charge < -0.3 is 4.52 Å². The molecule has 0 saturated heterocycles. The second-order valence-electron chi connectivity index (χ2n) is 5.77. The van der Waals surface area contributed by atoms with Crippen molar-refractivity contribution in [3.05, 3.63) is 94.2 Å². The maximum atomic E-state index is 6.19. The number of hydrogen-bond donors (Lipinski definition) is 1. The van der Waals surface area contributed by atoms with Gasteiger partial charge in [-0.1, -0.05) is 65.3 Å². The lowest BCUT2D eigenvalue weighted by molar-refractivity contribution is 0.363. The summed E-state index contributed by atoms with van der Waals surface area (Å²) in [4.78, 5) is 5.47. The van der Waals surface area contributed by atoms with Gasteiger partial charge >= 0.3 is 0 Å². The zero-order chi connectivity index (χ0) is 17.8. The molecule has 26 heavy (non-hydrogen) atoms.